The summed E-state index contributed by atoms with van der Waals surface area (Å²) in [5.74, 6) is -0.377. The number of benzene rings is 2. The number of sulfonamides is 1. The van der Waals surface area contributed by atoms with Gasteiger partial charge in [0.1, 0.15) is 5.75 Å². The summed E-state index contributed by atoms with van der Waals surface area (Å²) in [6.45, 7) is 0. The number of anilines is 1. The molecule has 1 N–H and O–H groups in total. The number of halogens is 2. The van der Waals surface area contributed by atoms with Crippen molar-refractivity contribution in [2.45, 2.75) is 4.90 Å². The van der Waals surface area contributed by atoms with E-state index in [0.29, 0.717) is 5.75 Å². The van der Waals surface area contributed by atoms with E-state index in [2.05, 4.69) is 4.72 Å². The van der Waals surface area contributed by atoms with Gasteiger partial charge in [0.25, 0.3) is 10.0 Å². The van der Waals surface area contributed by atoms with Crippen molar-refractivity contribution in [2.75, 3.05) is 18.9 Å². The molecule has 0 fully saturated rings. The molecule has 5 nitrogen and oxygen atoms in total. The minimum atomic E-state index is -3.90. The fraction of sp³-hybridized carbons (Fsp3) is 0.143. The molecule has 2 aromatic carbocycles. The Bertz CT molecular complexity index is 795. The van der Waals surface area contributed by atoms with Crippen molar-refractivity contribution >= 4 is 27.3 Å². The van der Waals surface area contributed by atoms with Crippen LogP contribution >= 0.6 is 11.6 Å². The zero-order chi connectivity index (χ0) is 16.3. The van der Waals surface area contributed by atoms with Crippen molar-refractivity contribution < 1.29 is 22.3 Å². The molecule has 0 heterocycles. The summed E-state index contributed by atoms with van der Waals surface area (Å²) in [4.78, 5) is -0.127. The van der Waals surface area contributed by atoms with Gasteiger partial charge in [0.2, 0.25) is 0 Å². The molecule has 0 saturated carbocycles. The van der Waals surface area contributed by atoms with E-state index in [1.165, 1.54) is 32.4 Å². The van der Waals surface area contributed by atoms with Crippen molar-refractivity contribution in [3.8, 4) is 11.5 Å². The van der Waals surface area contributed by atoms with Gasteiger partial charge < -0.3 is 9.47 Å². The Morgan fingerprint density at radius 3 is 2.32 bits per heavy atom. The first-order valence-corrected chi connectivity index (χ1v) is 7.93. The first kappa shape index (κ1) is 16.4. The Balaban J connectivity index is 2.33. The van der Waals surface area contributed by atoms with E-state index in [1.807, 2.05) is 0 Å². The van der Waals surface area contributed by atoms with Crippen LogP contribution in [0.3, 0.4) is 0 Å². The lowest BCUT2D eigenvalue weighted by Crippen LogP contribution is -2.13. The van der Waals surface area contributed by atoms with E-state index >= 15 is 0 Å². The highest BCUT2D eigenvalue weighted by molar-refractivity contribution is 7.92. The average molecular weight is 346 g/mol. The molecule has 0 atom stereocenters. The molecule has 0 aromatic heterocycles. The van der Waals surface area contributed by atoms with Gasteiger partial charge >= 0.3 is 0 Å². The molecular weight excluding hydrogens is 333 g/mol. The SMILES string of the molecule is COc1cc(S(=O)(=O)Nc2ccc(OC)c(Cl)c2)ccc1F. The Morgan fingerprint density at radius 2 is 1.73 bits per heavy atom. The maximum atomic E-state index is 13.3. The fourth-order valence-electron chi connectivity index (χ4n) is 1.75. The molecule has 2 rings (SSSR count). The molecule has 118 valence electrons. The van der Waals surface area contributed by atoms with Crippen LogP contribution in [0.15, 0.2) is 41.3 Å². The van der Waals surface area contributed by atoms with Crippen molar-refractivity contribution in [2.24, 2.45) is 0 Å². The van der Waals surface area contributed by atoms with Gasteiger partial charge in [0, 0.05) is 6.07 Å². The molecule has 0 aliphatic rings. The molecule has 0 radical (unpaired) electrons. The van der Waals surface area contributed by atoms with Gasteiger partial charge in [0.15, 0.2) is 11.6 Å². The largest absolute Gasteiger partial charge is 0.495 e. The summed E-state index contributed by atoms with van der Waals surface area (Å²) in [7, 11) is -1.19. The second-order valence-electron chi connectivity index (χ2n) is 4.25. The van der Waals surface area contributed by atoms with Gasteiger partial charge in [-0.05, 0) is 30.3 Å². The predicted molar refractivity (Wildman–Crippen MR) is 81.8 cm³/mol. The minimum absolute atomic E-state index is 0.127. The zero-order valence-electron chi connectivity index (χ0n) is 11.8. The van der Waals surface area contributed by atoms with Gasteiger partial charge in [-0.2, -0.15) is 0 Å². The maximum absolute atomic E-state index is 13.3. The molecule has 0 saturated heterocycles. The maximum Gasteiger partial charge on any atom is 0.262 e. The minimum Gasteiger partial charge on any atom is -0.495 e. The molecule has 0 aliphatic heterocycles. The van der Waals surface area contributed by atoms with E-state index in [0.717, 1.165) is 18.2 Å². The normalized spacial score (nSPS) is 11.1. The van der Waals surface area contributed by atoms with Gasteiger partial charge in [-0.25, -0.2) is 12.8 Å². The molecule has 0 unspecified atom stereocenters. The first-order valence-electron chi connectivity index (χ1n) is 6.07. The van der Waals surface area contributed by atoms with E-state index in [4.69, 9.17) is 21.1 Å². The van der Waals surface area contributed by atoms with E-state index in [9.17, 15) is 12.8 Å². The third kappa shape index (κ3) is 3.42. The molecule has 2 aromatic rings. The predicted octanol–water partition coefficient (Wildman–Crippen LogP) is 3.30. The van der Waals surface area contributed by atoms with Crippen LogP contribution < -0.4 is 14.2 Å². The van der Waals surface area contributed by atoms with Crippen LogP contribution in [0.4, 0.5) is 10.1 Å². The van der Waals surface area contributed by atoms with Crippen molar-refractivity contribution in [3.05, 3.63) is 47.2 Å². The third-order valence-corrected chi connectivity index (χ3v) is 4.51. The number of rotatable bonds is 5. The van der Waals surface area contributed by atoms with Gasteiger partial charge in [-0.15, -0.1) is 0 Å². The zero-order valence-corrected chi connectivity index (χ0v) is 13.3. The lowest BCUT2D eigenvalue weighted by Gasteiger charge is -2.11. The summed E-state index contributed by atoms with van der Waals surface area (Å²) < 4.78 is 50.0. The summed E-state index contributed by atoms with van der Waals surface area (Å²) in [6.07, 6.45) is 0. The van der Waals surface area contributed by atoms with Gasteiger partial charge in [0.05, 0.1) is 29.8 Å². The lowest BCUT2D eigenvalue weighted by atomic mass is 10.3. The van der Waals surface area contributed by atoms with Gasteiger partial charge in [-0.1, -0.05) is 11.6 Å². The number of hydrogen-bond acceptors (Lipinski definition) is 4. The highest BCUT2D eigenvalue weighted by Gasteiger charge is 2.17. The monoisotopic (exact) mass is 345 g/mol. The Labute approximate surface area is 132 Å². The standard InChI is InChI=1S/C14H13ClFNO4S/c1-20-13-6-3-9(7-11(13)15)17-22(18,19)10-4-5-12(16)14(8-10)21-2/h3-8,17H,1-2H3. The summed E-state index contributed by atoms with van der Waals surface area (Å²) in [5, 5.41) is 0.263. The van der Waals surface area contributed by atoms with Crippen LogP contribution in [0.1, 0.15) is 0 Å². The number of hydrogen-bond donors (Lipinski definition) is 1. The molecule has 0 bridgehead atoms. The van der Waals surface area contributed by atoms with Gasteiger partial charge in [-0.3, -0.25) is 4.72 Å². The fourth-order valence-corrected chi connectivity index (χ4v) is 3.07. The molecule has 0 spiro atoms. The molecule has 0 aliphatic carbocycles. The quantitative estimate of drug-likeness (QED) is 0.903. The first-order chi connectivity index (χ1) is 10.4. The smallest absolute Gasteiger partial charge is 0.262 e. The molecule has 0 amide bonds. The highest BCUT2D eigenvalue weighted by atomic mass is 35.5. The number of ether oxygens (including phenoxy) is 2. The second kappa shape index (κ2) is 6.41. The van der Waals surface area contributed by atoms with E-state index < -0.39 is 15.8 Å². The summed E-state index contributed by atoms with van der Waals surface area (Å²) in [5.41, 5.74) is 0.258. The van der Waals surface area contributed by atoms with Crippen LogP contribution in [0.25, 0.3) is 0 Å². The van der Waals surface area contributed by atoms with Crippen LogP contribution in [-0.2, 0) is 10.0 Å². The number of methoxy groups -OCH3 is 2. The second-order valence-corrected chi connectivity index (χ2v) is 6.34. The Hall–Kier alpha value is -1.99. The van der Waals surface area contributed by atoms with Crippen molar-refractivity contribution in [3.63, 3.8) is 0 Å². The van der Waals surface area contributed by atoms with Crippen molar-refractivity contribution in [1.29, 1.82) is 0 Å². The van der Waals surface area contributed by atoms with E-state index in [1.54, 1.807) is 0 Å². The highest BCUT2D eigenvalue weighted by Crippen LogP contribution is 2.29. The molecular formula is C14H13ClFNO4S. The van der Waals surface area contributed by atoms with Crippen LogP contribution in [0.2, 0.25) is 5.02 Å². The van der Waals surface area contributed by atoms with Crippen LogP contribution in [0.5, 0.6) is 11.5 Å². The third-order valence-electron chi connectivity index (χ3n) is 2.84. The lowest BCUT2D eigenvalue weighted by molar-refractivity contribution is 0.385. The summed E-state index contributed by atoms with van der Waals surface area (Å²) in [6, 6.07) is 7.72. The van der Waals surface area contributed by atoms with E-state index in [-0.39, 0.29) is 21.4 Å². The topological polar surface area (TPSA) is 64.6 Å². The Kier molecular flexibility index (Phi) is 4.77. The van der Waals surface area contributed by atoms with Crippen molar-refractivity contribution in [1.82, 2.24) is 0 Å². The van der Waals surface area contributed by atoms with Crippen LogP contribution in [-0.4, -0.2) is 22.6 Å². The number of nitrogens with one attached hydrogen (secondary N) is 1. The average Bonchev–Trinajstić information content (AvgIpc) is 2.47. The Morgan fingerprint density at radius 1 is 1.05 bits per heavy atom. The summed E-state index contributed by atoms with van der Waals surface area (Å²) >= 11 is 5.94. The molecule has 22 heavy (non-hydrogen) atoms. The molecule has 8 heteroatoms. The van der Waals surface area contributed by atoms with Crippen LogP contribution in [0, 0.1) is 5.82 Å².